The smallest absolute Gasteiger partial charge is 0.254 e. The molecular formula is C20H20N2O3. The normalized spacial score (nSPS) is 17.6. The van der Waals surface area contributed by atoms with E-state index in [0.29, 0.717) is 25.3 Å². The van der Waals surface area contributed by atoms with Gasteiger partial charge in [-0.05, 0) is 35.9 Å². The Morgan fingerprint density at radius 1 is 1.16 bits per heavy atom. The molecule has 1 fully saturated rings. The van der Waals surface area contributed by atoms with Crippen LogP contribution in [-0.4, -0.2) is 35.1 Å². The molecule has 2 aromatic heterocycles. The lowest BCUT2D eigenvalue weighted by Gasteiger charge is -2.36. The number of hydrogen-bond acceptors (Lipinski definition) is 3. The summed E-state index contributed by atoms with van der Waals surface area (Å²) in [6.45, 7) is 1.67. The van der Waals surface area contributed by atoms with Crippen LogP contribution < -0.4 is 0 Å². The van der Waals surface area contributed by atoms with Crippen molar-refractivity contribution in [1.29, 1.82) is 0 Å². The number of hydrogen-bond donors (Lipinski definition) is 0. The fourth-order valence-electron chi connectivity index (χ4n) is 3.34. The first-order valence-corrected chi connectivity index (χ1v) is 8.36. The van der Waals surface area contributed by atoms with Crippen LogP contribution in [0, 0.1) is 0 Å². The quantitative estimate of drug-likeness (QED) is 0.735. The van der Waals surface area contributed by atoms with Gasteiger partial charge in [0, 0.05) is 36.6 Å². The number of carbonyl (C=O) groups excluding carboxylic acids is 1. The van der Waals surface area contributed by atoms with Gasteiger partial charge in [-0.2, -0.15) is 0 Å². The predicted molar refractivity (Wildman–Crippen MR) is 94.2 cm³/mol. The van der Waals surface area contributed by atoms with Crippen LogP contribution in [0.15, 0.2) is 65.6 Å². The van der Waals surface area contributed by atoms with Gasteiger partial charge in [-0.25, -0.2) is 0 Å². The van der Waals surface area contributed by atoms with Crippen LogP contribution in [0.4, 0.5) is 0 Å². The number of ether oxygens (including phenoxy) is 1. The Kier molecular flexibility index (Phi) is 4.15. The molecule has 0 spiro atoms. The van der Waals surface area contributed by atoms with E-state index in [2.05, 4.69) is 0 Å². The number of furan rings is 1. The SMILES string of the molecule is Cn1cccc1[C@H]1COCCN1C(=O)c1cccc(-c2ccoc2)c1. The summed E-state index contributed by atoms with van der Waals surface area (Å²) in [4.78, 5) is 15.1. The van der Waals surface area contributed by atoms with Crippen molar-refractivity contribution >= 4 is 5.91 Å². The Labute approximate surface area is 146 Å². The van der Waals surface area contributed by atoms with Gasteiger partial charge in [0.25, 0.3) is 5.91 Å². The van der Waals surface area contributed by atoms with Gasteiger partial charge < -0.3 is 18.6 Å². The van der Waals surface area contributed by atoms with Gasteiger partial charge in [0.1, 0.15) is 0 Å². The number of nitrogens with zero attached hydrogens (tertiary/aromatic N) is 2. The molecule has 1 aliphatic rings. The maximum atomic E-state index is 13.2. The van der Waals surface area contributed by atoms with Crippen LogP contribution in [0.5, 0.6) is 0 Å². The summed E-state index contributed by atoms with van der Waals surface area (Å²) in [6, 6.07) is 13.5. The number of aromatic nitrogens is 1. The van der Waals surface area contributed by atoms with Crippen molar-refractivity contribution in [1.82, 2.24) is 9.47 Å². The lowest BCUT2D eigenvalue weighted by atomic mass is 10.0. The zero-order valence-corrected chi connectivity index (χ0v) is 14.1. The fraction of sp³-hybridized carbons (Fsp3) is 0.250. The molecule has 1 aliphatic heterocycles. The molecule has 0 N–H and O–H groups in total. The first-order chi connectivity index (χ1) is 12.2. The Morgan fingerprint density at radius 2 is 2.08 bits per heavy atom. The first-order valence-electron chi connectivity index (χ1n) is 8.36. The number of carbonyl (C=O) groups is 1. The van der Waals surface area contributed by atoms with Gasteiger partial charge in [-0.3, -0.25) is 4.79 Å². The van der Waals surface area contributed by atoms with Crippen molar-refractivity contribution < 1.29 is 13.9 Å². The van der Waals surface area contributed by atoms with Crippen molar-refractivity contribution in [3.63, 3.8) is 0 Å². The minimum atomic E-state index is -0.0705. The average molecular weight is 336 g/mol. The fourth-order valence-corrected chi connectivity index (χ4v) is 3.34. The summed E-state index contributed by atoms with van der Waals surface area (Å²) in [5.74, 6) is 0.0276. The minimum absolute atomic E-state index is 0.0276. The first kappa shape index (κ1) is 15.7. The minimum Gasteiger partial charge on any atom is -0.472 e. The topological polar surface area (TPSA) is 47.6 Å². The highest BCUT2D eigenvalue weighted by atomic mass is 16.5. The second-order valence-corrected chi connectivity index (χ2v) is 6.23. The maximum absolute atomic E-state index is 13.2. The second-order valence-electron chi connectivity index (χ2n) is 6.23. The van der Waals surface area contributed by atoms with Gasteiger partial charge in [0.2, 0.25) is 0 Å². The van der Waals surface area contributed by atoms with E-state index in [0.717, 1.165) is 16.8 Å². The Bertz CT molecular complexity index is 867. The van der Waals surface area contributed by atoms with Crippen LogP contribution in [0.3, 0.4) is 0 Å². The highest BCUT2D eigenvalue weighted by molar-refractivity contribution is 5.95. The Balaban J connectivity index is 1.65. The molecular weight excluding hydrogens is 316 g/mol. The van der Waals surface area contributed by atoms with Gasteiger partial charge in [-0.15, -0.1) is 0 Å². The molecule has 5 heteroatoms. The number of aryl methyl sites for hydroxylation is 1. The van der Waals surface area contributed by atoms with Gasteiger partial charge in [-0.1, -0.05) is 12.1 Å². The van der Waals surface area contributed by atoms with Gasteiger partial charge in [0.15, 0.2) is 0 Å². The van der Waals surface area contributed by atoms with Crippen LogP contribution >= 0.6 is 0 Å². The molecule has 128 valence electrons. The van der Waals surface area contributed by atoms with E-state index < -0.39 is 0 Å². The van der Waals surface area contributed by atoms with Gasteiger partial charge >= 0.3 is 0 Å². The highest BCUT2D eigenvalue weighted by Gasteiger charge is 2.30. The zero-order valence-electron chi connectivity index (χ0n) is 14.1. The van der Waals surface area contributed by atoms with Crippen molar-refractivity contribution in [2.24, 2.45) is 7.05 Å². The predicted octanol–water partition coefficient (Wildman–Crippen LogP) is 3.50. The van der Waals surface area contributed by atoms with E-state index in [9.17, 15) is 4.79 Å². The van der Waals surface area contributed by atoms with Crippen LogP contribution in [0.25, 0.3) is 11.1 Å². The third-order valence-electron chi connectivity index (χ3n) is 4.68. The molecule has 5 nitrogen and oxygen atoms in total. The molecule has 1 saturated heterocycles. The Morgan fingerprint density at radius 3 is 2.84 bits per heavy atom. The zero-order chi connectivity index (χ0) is 17.2. The lowest BCUT2D eigenvalue weighted by molar-refractivity contribution is -0.00463. The summed E-state index contributed by atoms with van der Waals surface area (Å²) in [7, 11) is 1.99. The summed E-state index contributed by atoms with van der Waals surface area (Å²) in [6.07, 6.45) is 5.31. The van der Waals surface area contributed by atoms with Crippen LogP contribution in [0.2, 0.25) is 0 Å². The molecule has 4 rings (SSSR count). The molecule has 0 unspecified atom stereocenters. The van der Waals surface area contributed by atoms with E-state index in [1.54, 1.807) is 12.5 Å². The maximum Gasteiger partial charge on any atom is 0.254 e. The number of benzene rings is 1. The second kappa shape index (κ2) is 6.61. The molecule has 25 heavy (non-hydrogen) atoms. The molecule has 1 atom stereocenters. The van der Waals surface area contributed by atoms with E-state index in [4.69, 9.17) is 9.15 Å². The van der Waals surface area contributed by atoms with Crippen molar-refractivity contribution in [3.8, 4) is 11.1 Å². The number of rotatable bonds is 3. The summed E-state index contributed by atoms with van der Waals surface area (Å²) < 4.78 is 12.8. The third-order valence-corrected chi connectivity index (χ3v) is 4.68. The largest absolute Gasteiger partial charge is 0.472 e. The summed E-state index contributed by atoms with van der Waals surface area (Å²) >= 11 is 0. The number of morpholine rings is 1. The Hall–Kier alpha value is -2.79. The standard InChI is InChI=1S/C20H20N2O3/c1-21-8-3-6-18(21)19-14-25-11-9-22(19)20(23)16-5-2-4-15(12-16)17-7-10-24-13-17/h2-8,10,12-13,19H,9,11,14H2,1H3/t19-/m1/s1. The van der Waals surface area contributed by atoms with E-state index in [1.807, 2.05) is 65.2 Å². The molecule has 1 aromatic carbocycles. The lowest BCUT2D eigenvalue weighted by Crippen LogP contribution is -2.44. The van der Waals surface area contributed by atoms with E-state index in [-0.39, 0.29) is 11.9 Å². The van der Waals surface area contributed by atoms with Crippen LogP contribution in [0.1, 0.15) is 22.1 Å². The molecule has 0 bridgehead atoms. The third kappa shape index (κ3) is 2.98. The van der Waals surface area contributed by atoms with E-state index in [1.165, 1.54) is 0 Å². The molecule has 3 heterocycles. The molecule has 3 aromatic rings. The molecule has 0 saturated carbocycles. The highest BCUT2D eigenvalue weighted by Crippen LogP contribution is 2.27. The monoisotopic (exact) mass is 336 g/mol. The van der Waals surface area contributed by atoms with Crippen molar-refractivity contribution in [2.45, 2.75) is 6.04 Å². The van der Waals surface area contributed by atoms with Crippen molar-refractivity contribution in [2.75, 3.05) is 19.8 Å². The van der Waals surface area contributed by atoms with E-state index >= 15 is 0 Å². The average Bonchev–Trinajstić information content (AvgIpc) is 3.33. The van der Waals surface area contributed by atoms with Gasteiger partial charge in [0.05, 0.1) is 31.8 Å². The summed E-state index contributed by atoms with van der Waals surface area (Å²) in [5, 5.41) is 0. The molecule has 0 aliphatic carbocycles. The molecule has 0 radical (unpaired) electrons. The molecule has 1 amide bonds. The number of amides is 1. The van der Waals surface area contributed by atoms with Crippen molar-refractivity contribution in [3.05, 3.63) is 72.4 Å². The summed E-state index contributed by atoms with van der Waals surface area (Å²) in [5.41, 5.74) is 3.71. The van der Waals surface area contributed by atoms with Crippen LogP contribution in [-0.2, 0) is 11.8 Å².